The molecular weight excluding hydrogens is 332 g/mol. The van der Waals surface area contributed by atoms with Crippen LogP contribution >= 0.6 is 11.3 Å². The Labute approximate surface area is 149 Å². The molecule has 4 heterocycles. The Kier molecular flexibility index (Phi) is 4.15. The fourth-order valence-corrected chi connectivity index (χ4v) is 3.61. The molecule has 0 aliphatic rings. The molecule has 0 radical (unpaired) electrons. The van der Waals surface area contributed by atoms with E-state index in [1.165, 1.54) is 4.88 Å². The second-order valence-corrected chi connectivity index (χ2v) is 7.00. The Morgan fingerprint density at radius 1 is 1.20 bits per heavy atom. The molecule has 0 amide bonds. The van der Waals surface area contributed by atoms with E-state index >= 15 is 0 Å². The molecule has 4 aromatic rings. The van der Waals surface area contributed by atoms with Gasteiger partial charge in [-0.25, -0.2) is 9.97 Å². The monoisotopic (exact) mass is 350 g/mol. The number of hydrogen-bond acceptors (Lipinski definition) is 6. The van der Waals surface area contributed by atoms with E-state index in [1.54, 1.807) is 28.4 Å². The van der Waals surface area contributed by atoms with Gasteiger partial charge in [-0.15, -0.1) is 11.3 Å². The van der Waals surface area contributed by atoms with Crippen LogP contribution in [0, 0.1) is 0 Å². The van der Waals surface area contributed by atoms with Crippen LogP contribution in [0.1, 0.15) is 11.8 Å². The van der Waals surface area contributed by atoms with E-state index in [0.717, 1.165) is 28.8 Å². The van der Waals surface area contributed by atoms with Crippen molar-refractivity contribution in [3.05, 3.63) is 53.1 Å². The number of nitrogens with one attached hydrogen (secondary N) is 1. The molecule has 0 aromatic carbocycles. The van der Waals surface area contributed by atoms with Crippen molar-refractivity contribution >= 4 is 28.2 Å². The van der Waals surface area contributed by atoms with E-state index in [9.17, 15) is 0 Å². The van der Waals surface area contributed by atoms with Gasteiger partial charge >= 0.3 is 0 Å². The number of thiophene rings is 1. The molecule has 0 aliphatic carbocycles. The molecule has 0 saturated heterocycles. The molecule has 0 aliphatic heterocycles. The topological polar surface area (TPSA) is 68.5 Å². The van der Waals surface area contributed by atoms with Crippen molar-refractivity contribution in [2.24, 2.45) is 7.05 Å². The van der Waals surface area contributed by atoms with Gasteiger partial charge in [0.1, 0.15) is 5.82 Å². The van der Waals surface area contributed by atoms with Crippen LogP contribution in [-0.2, 0) is 13.5 Å². The van der Waals surface area contributed by atoms with Gasteiger partial charge in [-0.1, -0.05) is 6.07 Å². The van der Waals surface area contributed by atoms with E-state index in [1.807, 2.05) is 25.4 Å². The number of anilines is 1. The number of nitrogens with zero attached hydrogens (tertiary/aromatic N) is 5. The molecule has 0 saturated carbocycles. The minimum atomic E-state index is 0.252. The van der Waals surface area contributed by atoms with Crippen LogP contribution in [0.5, 0.6) is 0 Å². The number of aryl methyl sites for hydroxylation is 1. The third-order valence-corrected chi connectivity index (χ3v) is 4.90. The minimum Gasteiger partial charge on any atom is -0.367 e. The van der Waals surface area contributed by atoms with Crippen LogP contribution in [0.2, 0.25) is 0 Å². The summed E-state index contributed by atoms with van der Waals surface area (Å²) in [7, 11) is 1.89. The molecule has 25 heavy (non-hydrogen) atoms. The summed E-state index contributed by atoms with van der Waals surface area (Å²) in [5, 5.41) is 10.9. The van der Waals surface area contributed by atoms with Crippen molar-refractivity contribution in [2.45, 2.75) is 19.4 Å². The fourth-order valence-electron chi connectivity index (χ4n) is 2.78. The third-order valence-electron chi connectivity index (χ3n) is 4.00. The van der Waals surface area contributed by atoms with E-state index in [0.29, 0.717) is 5.82 Å². The molecule has 0 unspecified atom stereocenters. The van der Waals surface area contributed by atoms with Crippen molar-refractivity contribution in [2.75, 3.05) is 5.32 Å². The van der Waals surface area contributed by atoms with Crippen molar-refractivity contribution in [3.63, 3.8) is 0 Å². The first-order chi connectivity index (χ1) is 12.2. The van der Waals surface area contributed by atoms with E-state index < -0.39 is 0 Å². The molecule has 0 spiro atoms. The normalized spacial score (nSPS) is 12.4. The van der Waals surface area contributed by atoms with E-state index in [4.69, 9.17) is 4.98 Å². The highest BCUT2D eigenvalue weighted by Crippen LogP contribution is 2.25. The quantitative estimate of drug-likeness (QED) is 0.596. The Bertz CT molecular complexity index is 978. The molecule has 1 N–H and O–H groups in total. The summed E-state index contributed by atoms with van der Waals surface area (Å²) in [6.07, 6.45) is 6.26. The van der Waals surface area contributed by atoms with Gasteiger partial charge in [0.25, 0.3) is 0 Å². The number of fused-ring (bicyclic) bond motifs is 1. The molecule has 6 nitrogen and oxygen atoms in total. The highest BCUT2D eigenvalue weighted by Gasteiger charge is 2.15. The van der Waals surface area contributed by atoms with Crippen LogP contribution in [0.15, 0.2) is 48.2 Å². The summed E-state index contributed by atoms with van der Waals surface area (Å²) >= 11 is 1.77. The number of hydrogen-bond donors (Lipinski definition) is 1. The van der Waals surface area contributed by atoms with Gasteiger partial charge < -0.3 is 5.32 Å². The van der Waals surface area contributed by atoms with Gasteiger partial charge in [0.05, 0.1) is 11.6 Å². The van der Waals surface area contributed by atoms with Gasteiger partial charge in [0.15, 0.2) is 11.5 Å². The van der Waals surface area contributed by atoms with Gasteiger partial charge in [-0.05, 0) is 30.5 Å². The Morgan fingerprint density at radius 3 is 2.80 bits per heavy atom. The smallest absolute Gasteiger partial charge is 0.164 e. The molecule has 126 valence electrons. The third kappa shape index (κ3) is 3.23. The van der Waals surface area contributed by atoms with Gasteiger partial charge in [0.2, 0.25) is 0 Å². The van der Waals surface area contributed by atoms with Crippen LogP contribution in [0.4, 0.5) is 5.82 Å². The van der Waals surface area contributed by atoms with Crippen molar-refractivity contribution < 1.29 is 0 Å². The molecule has 0 fully saturated rings. The second-order valence-electron chi connectivity index (χ2n) is 5.97. The summed E-state index contributed by atoms with van der Waals surface area (Å²) < 4.78 is 1.77. The van der Waals surface area contributed by atoms with Gasteiger partial charge in [-0.3, -0.25) is 9.67 Å². The lowest BCUT2D eigenvalue weighted by Crippen LogP contribution is -2.19. The van der Waals surface area contributed by atoms with Gasteiger partial charge in [-0.2, -0.15) is 5.10 Å². The first-order valence-corrected chi connectivity index (χ1v) is 8.98. The lowest BCUT2D eigenvalue weighted by molar-refractivity contribution is 0.784. The first-order valence-electron chi connectivity index (χ1n) is 8.10. The SMILES string of the molecule is C[C@@H](Cc1cccs1)Nc1nc(-c2ccncc2)nc2c1cnn2C. The minimum absolute atomic E-state index is 0.252. The lowest BCUT2D eigenvalue weighted by atomic mass is 10.2. The molecule has 4 rings (SSSR count). The van der Waals surface area contributed by atoms with E-state index in [-0.39, 0.29) is 6.04 Å². The summed E-state index contributed by atoms with van der Waals surface area (Å²) in [5.74, 6) is 1.48. The maximum atomic E-state index is 4.75. The van der Waals surface area contributed by atoms with Gasteiger partial charge in [0, 0.05) is 42.3 Å². The maximum absolute atomic E-state index is 4.75. The average molecular weight is 350 g/mol. The Hall–Kier alpha value is -2.80. The van der Waals surface area contributed by atoms with Crippen LogP contribution in [0.25, 0.3) is 22.4 Å². The zero-order valence-corrected chi connectivity index (χ0v) is 14.9. The second kappa shape index (κ2) is 6.60. The number of rotatable bonds is 5. The van der Waals surface area contributed by atoms with Crippen LogP contribution < -0.4 is 5.32 Å². The fraction of sp³-hybridized carbons (Fsp3) is 0.222. The van der Waals surface area contributed by atoms with Crippen molar-refractivity contribution in [3.8, 4) is 11.4 Å². The number of aromatic nitrogens is 5. The number of pyridine rings is 1. The molecular formula is C18H18N6S. The lowest BCUT2D eigenvalue weighted by Gasteiger charge is -2.15. The van der Waals surface area contributed by atoms with Crippen LogP contribution in [0.3, 0.4) is 0 Å². The molecule has 7 heteroatoms. The van der Waals surface area contributed by atoms with E-state index in [2.05, 4.69) is 44.8 Å². The van der Waals surface area contributed by atoms with Crippen molar-refractivity contribution in [1.82, 2.24) is 24.7 Å². The summed E-state index contributed by atoms with van der Waals surface area (Å²) in [5.41, 5.74) is 1.75. The summed E-state index contributed by atoms with van der Waals surface area (Å²) in [6.45, 7) is 2.16. The molecule has 1 atom stereocenters. The molecule has 0 bridgehead atoms. The predicted molar refractivity (Wildman–Crippen MR) is 101 cm³/mol. The highest BCUT2D eigenvalue weighted by molar-refractivity contribution is 7.09. The standard InChI is InChI=1S/C18H18N6S/c1-12(10-14-4-3-9-25-14)21-17-15-11-20-24(2)18(15)23-16(22-17)13-5-7-19-8-6-13/h3-9,11-12H,10H2,1-2H3,(H,21,22,23)/t12-/m0/s1. The highest BCUT2D eigenvalue weighted by atomic mass is 32.1. The zero-order valence-electron chi connectivity index (χ0n) is 14.0. The molecule has 4 aromatic heterocycles. The predicted octanol–water partition coefficient (Wildman–Crippen LogP) is 3.53. The Morgan fingerprint density at radius 2 is 2.04 bits per heavy atom. The van der Waals surface area contributed by atoms with Crippen LogP contribution in [-0.4, -0.2) is 30.8 Å². The average Bonchev–Trinajstić information content (AvgIpc) is 3.26. The largest absolute Gasteiger partial charge is 0.367 e. The Balaban J connectivity index is 1.71. The van der Waals surface area contributed by atoms with Crippen molar-refractivity contribution in [1.29, 1.82) is 0 Å². The maximum Gasteiger partial charge on any atom is 0.164 e. The first kappa shape index (κ1) is 15.7. The zero-order chi connectivity index (χ0) is 17.2. The summed E-state index contributed by atoms with van der Waals surface area (Å²) in [6, 6.07) is 8.32. The summed E-state index contributed by atoms with van der Waals surface area (Å²) in [4.78, 5) is 14.8.